The van der Waals surface area contributed by atoms with Crippen molar-refractivity contribution in [3.05, 3.63) is 0 Å². The van der Waals surface area contributed by atoms with Crippen LogP contribution in [-0.4, -0.2) is 85.8 Å². The average molecular weight is 673 g/mol. The summed E-state index contributed by atoms with van der Waals surface area (Å²) in [6.07, 6.45) is -0.564. The smallest absolute Gasteiger partial charge is 0.373 e. The van der Waals surface area contributed by atoms with Crippen LogP contribution in [0.2, 0.25) is 0 Å². The van der Waals surface area contributed by atoms with Crippen LogP contribution in [0, 0.1) is 0 Å². The van der Waals surface area contributed by atoms with Crippen molar-refractivity contribution in [1.82, 2.24) is 0 Å². The van der Waals surface area contributed by atoms with Crippen molar-refractivity contribution in [2.45, 2.75) is 134 Å². The highest BCUT2D eigenvalue weighted by Crippen LogP contribution is 2.51. The Morgan fingerprint density at radius 2 is 0.643 bits per heavy atom. The third kappa shape index (κ3) is 17.1. The maximum Gasteiger partial charge on any atom is 0.470 e. The molecule has 1 saturated carbocycles. The Labute approximate surface area is 248 Å². The Morgan fingerprint density at radius 1 is 0.405 bits per heavy atom. The summed E-state index contributed by atoms with van der Waals surface area (Å²) >= 11 is 0. The fraction of sp³-hybridized carbons (Fsp3) is 1.00. The standard InChI is InChI=1S/C24H51O15P3/c1-4-7-10-13-16-34-19-20(35-17-14-11-8-5-2)22(37-40(25,26)27)24(39-42(31,32)33)23(38-41(28,29)30)21(19)36-18-15-12-9-6-3/h19-24H,4-18H2,1-3H3,(H2,25,26,27)(H2,28,29,30)(H2,31,32,33)/t19?,20-,21+,22-,23-,24?/m0/s1. The van der Waals surface area contributed by atoms with Gasteiger partial charge in [-0.15, -0.1) is 0 Å². The number of unbranched alkanes of at least 4 members (excludes halogenated alkanes) is 9. The highest BCUT2D eigenvalue weighted by Gasteiger charge is 2.59. The zero-order chi connectivity index (χ0) is 31.8. The topological polar surface area (TPSA) is 228 Å². The molecule has 6 atom stereocenters. The van der Waals surface area contributed by atoms with Gasteiger partial charge in [-0.3, -0.25) is 13.6 Å². The van der Waals surface area contributed by atoms with Gasteiger partial charge in [0.1, 0.15) is 36.6 Å². The molecule has 1 aliphatic rings. The summed E-state index contributed by atoms with van der Waals surface area (Å²) in [6, 6.07) is 0. The van der Waals surface area contributed by atoms with E-state index in [0.29, 0.717) is 19.3 Å². The first-order valence-corrected chi connectivity index (χ1v) is 19.3. The number of phosphoric acid groups is 3. The molecule has 0 aromatic rings. The summed E-state index contributed by atoms with van der Waals surface area (Å²) in [5, 5.41) is 0. The summed E-state index contributed by atoms with van der Waals surface area (Å²) in [5.74, 6) is 0. The average Bonchev–Trinajstić information content (AvgIpc) is 2.86. The van der Waals surface area contributed by atoms with Gasteiger partial charge in [-0.2, -0.15) is 0 Å². The van der Waals surface area contributed by atoms with E-state index in [1.54, 1.807) is 0 Å². The zero-order valence-corrected chi connectivity index (χ0v) is 27.5. The van der Waals surface area contributed by atoms with Crippen LogP contribution < -0.4 is 0 Å². The van der Waals surface area contributed by atoms with Crippen LogP contribution in [0.15, 0.2) is 0 Å². The molecule has 6 N–H and O–H groups in total. The number of rotatable bonds is 24. The predicted octanol–water partition coefficient (Wildman–Crippen LogP) is 4.33. The molecule has 0 bridgehead atoms. The van der Waals surface area contributed by atoms with E-state index in [-0.39, 0.29) is 19.8 Å². The van der Waals surface area contributed by atoms with Gasteiger partial charge in [0.05, 0.1) is 0 Å². The van der Waals surface area contributed by atoms with E-state index in [2.05, 4.69) is 0 Å². The second-order valence-electron chi connectivity index (χ2n) is 10.4. The van der Waals surface area contributed by atoms with Gasteiger partial charge in [0.15, 0.2) is 0 Å². The fourth-order valence-electron chi connectivity index (χ4n) is 4.77. The van der Waals surface area contributed by atoms with Gasteiger partial charge in [0.2, 0.25) is 0 Å². The predicted molar refractivity (Wildman–Crippen MR) is 152 cm³/mol. The van der Waals surface area contributed by atoms with Crippen molar-refractivity contribution in [2.75, 3.05) is 19.8 Å². The van der Waals surface area contributed by atoms with Crippen molar-refractivity contribution in [3.63, 3.8) is 0 Å². The van der Waals surface area contributed by atoms with E-state index in [4.69, 9.17) is 27.8 Å². The van der Waals surface area contributed by atoms with Crippen molar-refractivity contribution in [2.24, 2.45) is 0 Å². The molecule has 18 heteroatoms. The molecule has 15 nitrogen and oxygen atoms in total. The number of phosphoric ester groups is 3. The van der Waals surface area contributed by atoms with Gasteiger partial charge < -0.3 is 43.6 Å². The second-order valence-corrected chi connectivity index (χ2v) is 13.9. The number of hydrogen-bond acceptors (Lipinski definition) is 9. The van der Waals surface area contributed by atoms with Crippen LogP contribution in [0.25, 0.3) is 0 Å². The Bertz CT molecular complexity index is 810. The van der Waals surface area contributed by atoms with Gasteiger partial charge in [-0.1, -0.05) is 78.6 Å². The van der Waals surface area contributed by atoms with Crippen LogP contribution in [0.1, 0.15) is 97.8 Å². The summed E-state index contributed by atoms with van der Waals surface area (Å²) in [7, 11) is -16.2. The molecular formula is C24H51O15P3. The first-order valence-electron chi connectivity index (χ1n) is 14.7. The minimum Gasteiger partial charge on any atom is -0.373 e. The van der Waals surface area contributed by atoms with E-state index in [1.807, 2.05) is 20.8 Å². The van der Waals surface area contributed by atoms with Gasteiger partial charge >= 0.3 is 23.5 Å². The molecule has 2 unspecified atom stereocenters. The van der Waals surface area contributed by atoms with Crippen molar-refractivity contribution in [1.29, 1.82) is 0 Å². The molecule has 1 rings (SSSR count). The minimum absolute atomic E-state index is 0.0667. The molecule has 0 heterocycles. The summed E-state index contributed by atoms with van der Waals surface area (Å²) in [4.78, 5) is 58.3. The lowest BCUT2D eigenvalue weighted by Crippen LogP contribution is -2.67. The van der Waals surface area contributed by atoms with Crippen molar-refractivity contribution in [3.8, 4) is 0 Å². The SMILES string of the molecule is CCCCCCOC1[C@@H](OCCCCCC)[C@H](OP(=O)(O)O)C(OP(=O)(O)O)[C@@H](OP(=O)(O)O)[C@H]1OCCCCCC. The molecule has 0 aliphatic heterocycles. The second kappa shape index (κ2) is 20.4. The molecule has 0 aromatic heterocycles. The molecule has 1 aliphatic carbocycles. The summed E-state index contributed by atoms with van der Waals surface area (Å²) in [5.41, 5.74) is 0. The van der Waals surface area contributed by atoms with E-state index in [0.717, 1.165) is 57.8 Å². The number of hydrogen-bond donors (Lipinski definition) is 6. The largest absolute Gasteiger partial charge is 0.470 e. The highest BCUT2D eigenvalue weighted by molar-refractivity contribution is 7.47. The monoisotopic (exact) mass is 672 g/mol. The molecule has 0 saturated heterocycles. The highest BCUT2D eigenvalue weighted by atomic mass is 31.2. The summed E-state index contributed by atoms with van der Waals surface area (Å²) < 4.78 is 69.1. The van der Waals surface area contributed by atoms with Crippen molar-refractivity contribution >= 4 is 23.5 Å². The first kappa shape index (κ1) is 40.2. The van der Waals surface area contributed by atoms with Crippen LogP contribution in [-0.2, 0) is 41.5 Å². The normalized spacial score (nSPS) is 25.6. The van der Waals surface area contributed by atoms with Crippen LogP contribution in [0.4, 0.5) is 0 Å². The molecule has 0 spiro atoms. The molecule has 0 radical (unpaired) electrons. The molecule has 0 amide bonds. The minimum atomic E-state index is -5.45. The molecular weight excluding hydrogens is 621 g/mol. The van der Waals surface area contributed by atoms with E-state index in [9.17, 15) is 43.1 Å². The third-order valence-corrected chi connectivity index (χ3v) is 8.20. The first-order chi connectivity index (χ1) is 19.6. The van der Waals surface area contributed by atoms with E-state index >= 15 is 0 Å². The van der Waals surface area contributed by atoms with E-state index < -0.39 is 60.1 Å². The Morgan fingerprint density at radius 3 is 0.881 bits per heavy atom. The van der Waals surface area contributed by atoms with E-state index in [1.165, 1.54) is 0 Å². The molecule has 42 heavy (non-hydrogen) atoms. The third-order valence-electron chi connectivity index (χ3n) is 6.64. The maximum absolute atomic E-state index is 12.1. The van der Waals surface area contributed by atoms with Crippen LogP contribution in [0.5, 0.6) is 0 Å². The summed E-state index contributed by atoms with van der Waals surface area (Å²) in [6.45, 7) is 6.33. The molecule has 0 aromatic carbocycles. The van der Waals surface area contributed by atoms with Gasteiger partial charge in [0.25, 0.3) is 0 Å². The molecule has 1 fully saturated rings. The quantitative estimate of drug-likeness (QED) is 0.0619. The van der Waals surface area contributed by atoms with Gasteiger partial charge in [-0.25, -0.2) is 13.7 Å². The zero-order valence-electron chi connectivity index (χ0n) is 24.8. The van der Waals surface area contributed by atoms with Crippen LogP contribution in [0.3, 0.4) is 0 Å². The Balaban J connectivity index is 3.61. The molecule has 252 valence electrons. The lowest BCUT2D eigenvalue weighted by Gasteiger charge is -2.49. The Kier molecular flexibility index (Phi) is 19.5. The number of ether oxygens (including phenoxy) is 3. The van der Waals surface area contributed by atoms with Crippen LogP contribution >= 0.6 is 23.5 Å². The van der Waals surface area contributed by atoms with Gasteiger partial charge in [0, 0.05) is 19.8 Å². The lowest BCUT2D eigenvalue weighted by atomic mass is 9.84. The lowest BCUT2D eigenvalue weighted by molar-refractivity contribution is -0.248. The van der Waals surface area contributed by atoms with Gasteiger partial charge in [-0.05, 0) is 19.3 Å². The fourth-order valence-corrected chi connectivity index (χ4v) is 6.44. The maximum atomic E-state index is 12.1. The Hall–Kier alpha value is 0.210. The van der Waals surface area contributed by atoms with Crippen molar-refractivity contribution < 1.29 is 70.8 Å².